The third kappa shape index (κ3) is 2.65. The largest absolute Gasteiger partial charge is 0.354 e. The molecular formula is C9H13NO3. The monoisotopic (exact) mass is 183 g/mol. The van der Waals surface area contributed by atoms with Crippen LogP contribution in [0.1, 0.15) is 26.2 Å². The Kier molecular flexibility index (Phi) is 3.17. The molecule has 0 radical (unpaired) electrons. The van der Waals surface area contributed by atoms with Crippen LogP contribution in [0.2, 0.25) is 0 Å². The Labute approximate surface area is 76.7 Å². The first-order valence-corrected chi connectivity index (χ1v) is 4.38. The second kappa shape index (κ2) is 4.16. The standard InChI is InChI=1S/C9H13NO3/c1-6(12)10-8-2-3-9(13)7(4-8)5-11/h5,7-8H,2-4H2,1H3,(H,10,12)/t7-,8+/m1/s1. The van der Waals surface area contributed by atoms with Crippen LogP contribution in [0.4, 0.5) is 0 Å². The van der Waals surface area contributed by atoms with Gasteiger partial charge in [0.05, 0.1) is 5.92 Å². The van der Waals surface area contributed by atoms with Crippen molar-refractivity contribution >= 4 is 18.0 Å². The molecule has 0 spiro atoms. The highest BCUT2D eigenvalue weighted by Crippen LogP contribution is 2.19. The van der Waals surface area contributed by atoms with Crippen LogP contribution in [0, 0.1) is 5.92 Å². The maximum Gasteiger partial charge on any atom is 0.217 e. The van der Waals surface area contributed by atoms with Gasteiger partial charge in [0.1, 0.15) is 12.1 Å². The van der Waals surface area contributed by atoms with Gasteiger partial charge in [-0.2, -0.15) is 0 Å². The fourth-order valence-electron chi connectivity index (χ4n) is 1.61. The molecule has 0 aliphatic heterocycles. The Balaban J connectivity index is 2.49. The molecule has 0 aromatic heterocycles. The number of rotatable bonds is 2. The van der Waals surface area contributed by atoms with E-state index in [4.69, 9.17) is 0 Å². The van der Waals surface area contributed by atoms with E-state index in [1.54, 1.807) is 0 Å². The maximum atomic E-state index is 11.1. The Morgan fingerprint density at radius 1 is 1.62 bits per heavy atom. The van der Waals surface area contributed by atoms with E-state index in [9.17, 15) is 14.4 Å². The molecule has 1 amide bonds. The molecule has 1 N–H and O–H groups in total. The quantitative estimate of drug-likeness (QED) is 0.486. The number of Topliss-reactive ketones (excluding diaryl/α,β-unsaturated/α-hetero) is 1. The van der Waals surface area contributed by atoms with Gasteiger partial charge in [-0.1, -0.05) is 0 Å². The van der Waals surface area contributed by atoms with Crippen LogP contribution in [0.15, 0.2) is 0 Å². The Hall–Kier alpha value is -1.19. The van der Waals surface area contributed by atoms with Crippen LogP contribution in [-0.4, -0.2) is 24.0 Å². The van der Waals surface area contributed by atoms with Gasteiger partial charge in [0, 0.05) is 19.4 Å². The number of aldehydes is 1. The Morgan fingerprint density at radius 3 is 2.85 bits per heavy atom. The van der Waals surface area contributed by atoms with E-state index in [-0.39, 0.29) is 17.7 Å². The highest BCUT2D eigenvalue weighted by molar-refractivity contribution is 5.94. The molecule has 0 bridgehead atoms. The molecule has 72 valence electrons. The summed E-state index contributed by atoms with van der Waals surface area (Å²) in [6.45, 7) is 1.44. The summed E-state index contributed by atoms with van der Waals surface area (Å²) in [6.07, 6.45) is 2.19. The molecule has 2 atom stereocenters. The van der Waals surface area contributed by atoms with Gasteiger partial charge in [-0.3, -0.25) is 9.59 Å². The van der Waals surface area contributed by atoms with Gasteiger partial charge in [0.15, 0.2) is 0 Å². The minimum Gasteiger partial charge on any atom is -0.354 e. The van der Waals surface area contributed by atoms with Gasteiger partial charge in [-0.05, 0) is 12.8 Å². The van der Waals surface area contributed by atoms with E-state index in [0.29, 0.717) is 25.5 Å². The first kappa shape index (κ1) is 9.89. The molecule has 13 heavy (non-hydrogen) atoms. The molecule has 0 aromatic carbocycles. The van der Waals surface area contributed by atoms with Crippen molar-refractivity contribution in [3.63, 3.8) is 0 Å². The van der Waals surface area contributed by atoms with Gasteiger partial charge in [-0.25, -0.2) is 0 Å². The molecule has 1 rings (SSSR count). The number of carbonyl (C=O) groups is 3. The van der Waals surface area contributed by atoms with E-state index < -0.39 is 5.92 Å². The molecule has 0 saturated heterocycles. The van der Waals surface area contributed by atoms with Crippen LogP contribution in [0.3, 0.4) is 0 Å². The summed E-state index contributed by atoms with van der Waals surface area (Å²) in [4.78, 5) is 32.3. The SMILES string of the molecule is CC(=O)N[C@H]1CCC(=O)[C@@H](C=O)C1. The van der Waals surface area contributed by atoms with Crippen LogP contribution in [0.5, 0.6) is 0 Å². The van der Waals surface area contributed by atoms with Crippen LogP contribution in [0.25, 0.3) is 0 Å². The van der Waals surface area contributed by atoms with Crippen molar-refractivity contribution in [2.75, 3.05) is 0 Å². The van der Waals surface area contributed by atoms with E-state index in [1.807, 2.05) is 0 Å². The van der Waals surface area contributed by atoms with Crippen molar-refractivity contribution in [1.29, 1.82) is 0 Å². The minimum atomic E-state index is -0.509. The average molecular weight is 183 g/mol. The predicted molar refractivity (Wildman–Crippen MR) is 46.0 cm³/mol. The number of amides is 1. The zero-order valence-corrected chi connectivity index (χ0v) is 7.58. The van der Waals surface area contributed by atoms with E-state index in [0.717, 1.165) is 0 Å². The number of ketones is 1. The first-order valence-electron chi connectivity index (χ1n) is 4.38. The van der Waals surface area contributed by atoms with Gasteiger partial charge >= 0.3 is 0 Å². The van der Waals surface area contributed by atoms with E-state index in [2.05, 4.69) is 5.32 Å². The minimum absolute atomic E-state index is 0.00315. The summed E-state index contributed by atoms with van der Waals surface area (Å²) in [5, 5.41) is 2.72. The first-order chi connectivity index (χ1) is 6.13. The van der Waals surface area contributed by atoms with Crippen LogP contribution < -0.4 is 5.32 Å². The number of carbonyl (C=O) groups excluding carboxylic acids is 3. The summed E-state index contributed by atoms with van der Waals surface area (Å²) in [6, 6.07) is -0.00889. The number of nitrogens with one attached hydrogen (secondary N) is 1. The smallest absolute Gasteiger partial charge is 0.217 e. The van der Waals surface area contributed by atoms with Crippen molar-refractivity contribution in [3.05, 3.63) is 0 Å². The fourth-order valence-corrected chi connectivity index (χ4v) is 1.61. The van der Waals surface area contributed by atoms with Crippen molar-refractivity contribution in [3.8, 4) is 0 Å². The lowest BCUT2D eigenvalue weighted by Gasteiger charge is -2.25. The van der Waals surface area contributed by atoms with Gasteiger partial charge < -0.3 is 10.1 Å². The van der Waals surface area contributed by atoms with Crippen LogP contribution >= 0.6 is 0 Å². The zero-order chi connectivity index (χ0) is 9.84. The summed E-state index contributed by atoms with van der Waals surface area (Å²) in [5.74, 6) is -0.619. The lowest BCUT2D eigenvalue weighted by molar-refractivity contribution is -0.131. The van der Waals surface area contributed by atoms with Crippen LogP contribution in [-0.2, 0) is 14.4 Å². The third-order valence-electron chi connectivity index (χ3n) is 2.26. The molecule has 1 aliphatic rings. The van der Waals surface area contributed by atoms with Gasteiger partial charge in [-0.15, -0.1) is 0 Å². The molecule has 1 fully saturated rings. The lowest BCUT2D eigenvalue weighted by Crippen LogP contribution is -2.40. The second-order valence-electron chi connectivity index (χ2n) is 3.38. The molecule has 0 heterocycles. The normalized spacial score (nSPS) is 28.2. The maximum absolute atomic E-state index is 11.1. The zero-order valence-electron chi connectivity index (χ0n) is 7.58. The third-order valence-corrected chi connectivity index (χ3v) is 2.26. The lowest BCUT2D eigenvalue weighted by atomic mass is 9.85. The second-order valence-corrected chi connectivity index (χ2v) is 3.38. The number of hydrogen-bond acceptors (Lipinski definition) is 3. The molecular weight excluding hydrogens is 170 g/mol. The summed E-state index contributed by atoms with van der Waals surface area (Å²) in [5.41, 5.74) is 0. The van der Waals surface area contributed by atoms with Crippen molar-refractivity contribution in [2.45, 2.75) is 32.2 Å². The highest BCUT2D eigenvalue weighted by Gasteiger charge is 2.28. The topological polar surface area (TPSA) is 63.2 Å². The average Bonchev–Trinajstić information content (AvgIpc) is 2.07. The molecule has 0 unspecified atom stereocenters. The molecule has 1 aliphatic carbocycles. The highest BCUT2D eigenvalue weighted by atomic mass is 16.2. The summed E-state index contributed by atoms with van der Waals surface area (Å²) >= 11 is 0. The van der Waals surface area contributed by atoms with Gasteiger partial charge in [0.25, 0.3) is 0 Å². The number of hydrogen-bond donors (Lipinski definition) is 1. The molecule has 4 heteroatoms. The van der Waals surface area contributed by atoms with Gasteiger partial charge in [0.2, 0.25) is 5.91 Å². The van der Waals surface area contributed by atoms with Crippen molar-refractivity contribution < 1.29 is 14.4 Å². The fraction of sp³-hybridized carbons (Fsp3) is 0.667. The molecule has 0 aromatic rings. The van der Waals surface area contributed by atoms with E-state index in [1.165, 1.54) is 6.92 Å². The molecule has 1 saturated carbocycles. The van der Waals surface area contributed by atoms with E-state index >= 15 is 0 Å². The Morgan fingerprint density at radius 2 is 2.31 bits per heavy atom. The summed E-state index contributed by atoms with van der Waals surface area (Å²) < 4.78 is 0. The molecule has 4 nitrogen and oxygen atoms in total. The predicted octanol–water partition coefficient (Wildman–Crippen LogP) is 0.0592. The summed E-state index contributed by atoms with van der Waals surface area (Å²) in [7, 11) is 0. The Bertz CT molecular complexity index is 237. The van der Waals surface area contributed by atoms with Crippen molar-refractivity contribution in [2.24, 2.45) is 5.92 Å². The van der Waals surface area contributed by atoms with Crippen molar-refractivity contribution in [1.82, 2.24) is 5.32 Å².